The summed E-state index contributed by atoms with van der Waals surface area (Å²) in [5.74, 6) is 2.38. The third kappa shape index (κ3) is 9.50. The van der Waals surface area contributed by atoms with E-state index in [1.165, 1.54) is 11.1 Å². The van der Waals surface area contributed by atoms with Crippen LogP contribution in [0.2, 0.25) is 12.6 Å². The monoisotopic (exact) mass is 881 g/mol. The molecule has 0 atom stereocenters. The minimum atomic E-state index is -2.98. The third-order valence-corrected chi connectivity index (χ3v) is 16.4. The second-order valence-electron chi connectivity index (χ2n) is 24.5. The standard InChI is InChI=1S/C58H76O5Si/c1-18-64(17)62-52-40-21-38-28-45(55(5,6)7)26-36(50(38)60)19-34-24-44(54(2,3)4)25-35(49(34)59)20-37-27-46(56(8,9)10)29-39(51(37)61)22-41-31-48(58(14,15)16)33-43(53(41)63-64)23-42(52)32-47(30-40)57(11,12)13/h24-33,59-61H,18-23H2,1-17H3. The molecule has 0 radical (unpaired) electrons. The maximum absolute atomic E-state index is 12.6. The Bertz CT molecular complexity index is 2460. The quantitative estimate of drug-likeness (QED) is 0.143. The van der Waals surface area contributed by atoms with Gasteiger partial charge in [0.2, 0.25) is 0 Å². The van der Waals surface area contributed by atoms with Gasteiger partial charge in [-0.15, -0.1) is 0 Å². The van der Waals surface area contributed by atoms with Crippen molar-refractivity contribution in [3.05, 3.63) is 144 Å². The Morgan fingerprint density at radius 1 is 0.359 bits per heavy atom. The van der Waals surface area contributed by atoms with Crippen molar-refractivity contribution in [2.75, 3.05) is 0 Å². The molecule has 342 valence electrons. The number of phenolic OH excluding ortho intramolecular Hbond substituents is 3. The van der Waals surface area contributed by atoms with Gasteiger partial charge in [0.25, 0.3) is 0 Å². The minimum absolute atomic E-state index is 0.162. The van der Waals surface area contributed by atoms with E-state index in [0.29, 0.717) is 38.1 Å². The van der Waals surface area contributed by atoms with Crippen molar-refractivity contribution in [1.82, 2.24) is 0 Å². The highest BCUT2D eigenvalue weighted by Gasteiger charge is 2.40. The lowest BCUT2D eigenvalue weighted by Crippen LogP contribution is -2.46. The van der Waals surface area contributed by atoms with E-state index in [2.05, 4.69) is 178 Å². The normalized spacial score (nSPS) is 15.6. The van der Waals surface area contributed by atoms with Gasteiger partial charge < -0.3 is 24.2 Å². The van der Waals surface area contributed by atoms with Gasteiger partial charge in [-0.25, -0.2) is 0 Å². The summed E-state index contributed by atoms with van der Waals surface area (Å²) >= 11 is 0. The minimum Gasteiger partial charge on any atom is -0.511 e. The molecule has 5 aromatic carbocycles. The predicted octanol–water partition coefficient (Wildman–Crippen LogP) is 14.4. The largest absolute Gasteiger partial charge is 0.511 e. The Morgan fingerprint density at radius 2 is 0.531 bits per heavy atom. The highest BCUT2D eigenvalue weighted by Crippen LogP contribution is 2.46. The van der Waals surface area contributed by atoms with Crippen LogP contribution in [0.15, 0.2) is 60.7 Å². The van der Waals surface area contributed by atoms with E-state index in [1.54, 1.807) is 0 Å². The van der Waals surface area contributed by atoms with E-state index in [0.717, 1.165) is 83.8 Å². The summed E-state index contributed by atoms with van der Waals surface area (Å²) in [4.78, 5) is 0. The molecule has 0 amide bonds. The van der Waals surface area contributed by atoms with Crippen molar-refractivity contribution in [2.24, 2.45) is 0 Å². The lowest BCUT2D eigenvalue weighted by Gasteiger charge is -2.36. The smallest absolute Gasteiger partial charge is 0.456 e. The molecule has 3 aliphatic rings. The summed E-state index contributed by atoms with van der Waals surface area (Å²) in [5.41, 5.74) is 13.8. The van der Waals surface area contributed by atoms with Crippen LogP contribution in [0.3, 0.4) is 0 Å². The molecule has 3 N–H and O–H groups in total. The van der Waals surface area contributed by atoms with Crippen LogP contribution < -0.4 is 8.85 Å². The first-order valence-corrected chi connectivity index (χ1v) is 26.1. The molecule has 8 rings (SSSR count). The number of benzene rings is 5. The second kappa shape index (κ2) is 16.0. The van der Waals surface area contributed by atoms with Gasteiger partial charge in [-0.1, -0.05) is 171 Å². The lowest BCUT2D eigenvalue weighted by molar-refractivity contribution is 0.376. The molecule has 5 nitrogen and oxygen atoms in total. The van der Waals surface area contributed by atoms with E-state index in [4.69, 9.17) is 8.85 Å². The molecule has 0 aromatic heterocycles. The fraction of sp³-hybridized carbons (Fsp3) is 0.483. The summed E-state index contributed by atoms with van der Waals surface area (Å²) in [7, 11) is -2.98. The average Bonchev–Trinajstić information content (AvgIpc) is 3.15. The van der Waals surface area contributed by atoms with Crippen LogP contribution >= 0.6 is 0 Å². The zero-order valence-electron chi connectivity index (χ0n) is 42.2. The Morgan fingerprint density at radius 3 is 0.719 bits per heavy atom. The summed E-state index contributed by atoms with van der Waals surface area (Å²) < 4.78 is 14.8. The van der Waals surface area contributed by atoms with Crippen LogP contribution in [0.5, 0.6) is 28.7 Å². The Balaban J connectivity index is 1.64. The van der Waals surface area contributed by atoms with Gasteiger partial charge in [0.1, 0.15) is 28.7 Å². The Labute approximate surface area is 386 Å². The number of aromatic hydroxyl groups is 3. The summed E-state index contributed by atoms with van der Waals surface area (Å²) in [6.07, 6.45) is 2.21. The molecular weight excluding hydrogens is 805 g/mol. The number of rotatable bonds is 1. The summed E-state index contributed by atoms with van der Waals surface area (Å²) in [6, 6.07) is 22.8. The van der Waals surface area contributed by atoms with Crippen molar-refractivity contribution >= 4 is 8.56 Å². The molecule has 1 aliphatic carbocycles. The molecule has 6 heteroatoms. The molecule has 2 heterocycles. The maximum atomic E-state index is 12.6. The number of phenols is 3. The zero-order chi connectivity index (χ0) is 47.3. The summed E-state index contributed by atoms with van der Waals surface area (Å²) in [6.45, 7) is 37.8. The van der Waals surface area contributed by atoms with Crippen molar-refractivity contribution in [3.8, 4) is 28.7 Å². The molecule has 5 aromatic rings. The van der Waals surface area contributed by atoms with Crippen LogP contribution in [0.25, 0.3) is 0 Å². The Hall–Kier alpha value is -4.68. The molecule has 0 unspecified atom stereocenters. The molecule has 0 fully saturated rings. The number of hydrogen-bond donors (Lipinski definition) is 3. The first-order chi connectivity index (χ1) is 29.3. The zero-order valence-corrected chi connectivity index (χ0v) is 43.2. The highest BCUT2D eigenvalue weighted by molar-refractivity contribution is 6.67. The highest BCUT2D eigenvalue weighted by atomic mass is 28.4. The molecule has 0 spiro atoms. The fourth-order valence-electron chi connectivity index (χ4n) is 9.17. The van der Waals surface area contributed by atoms with Crippen molar-refractivity contribution in [2.45, 2.75) is 183 Å². The van der Waals surface area contributed by atoms with E-state index >= 15 is 0 Å². The van der Waals surface area contributed by atoms with Gasteiger partial charge in [-0.05, 0) is 111 Å². The number of fused-ring (bicyclic) bond motifs is 2. The van der Waals surface area contributed by atoms with Crippen LogP contribution in [0.4, 0.5) is 0 Å². The van der Waals surface area contributed by atoms with Gasteiger partial charge in [-0.2, -0.15) is 0 Å². The van der Waals surface area contributed by atoms with Crippen molar-refractivity contribution in [3.63, 3.8) is 0 Å². The predicted molar refractivity (Wildman–Crippen MR) is 268 cm³/mol. The van der Waals surface area contributed by atoms with E-state index in [9.17, 15) is 15.3 Å². The van der Waals surface area contributed by atoms with Crippen LogP contribution in [0.1, 0.15) is 194 Å². The van der Waals surface area contributed by atoms with Gasteiger partial charge in [0.15, 0.2) is 0 Å². The SMILES string of the molecule is CC[Si]1(C)Oc2c3cc(C(C)(C)C)cc2Cc2cc(C(C)(C)C)cc(c2O1)Cc1cc(C(C)(C)C)cc(c1O)Cc1cc(C(C)(C)C)cc(c1O)Cc1cc(C(C)(C)C)cc(c1O)C3. The van der Waals surface area contributed by atoms with Crippen LogP contribution in [-0.2, 0) is 59.2 Å². The topological polar surface area (TPSA) is 79.2 Å². The van der Waals surface area contributed by atoms with E-state index in [1.807, 2.05) is 0 Å². The maximum Gasteiger partial charge on any atom is 0.456 e. The average molecular weight is 881 g/mol. The molecular formula is C58H76O5Si. The van der Waals surface area contributed by atoms with Crippen LogP contribution in [0, 0.1) is 0 Å². The Kier molecular flexibility index (Phi) is 11.8. The molecule has 12 bridgehead atoms. The van der Waals surface area contributed by atoms with Crippen LogP contribution in [-0.4, -0.2) is 23.9 Å². The number of hydrogen-bond acceptors (Lipinski definition) is 5. The first kappa shape index (κ1) is 47.3. The van der Waals surface area contributed by atoms with E-state index < -0.39 is 8.56 Å². The first-order valence-electron chi connectivity index (χ1n) is 23.6. The molecule has 2 aliphatic heterocycles. The van der Waals surface area contributed by atoms with Crippen molar-refractivity contribution in [1.29, 1.82) is 0 Å². The molecule has 64 heavy (non-hydrogen) atoms. The van der Waals surface area contributed by atoms with Crippen molar-refractivity contribution < 1.29 is 24.2 Å². The van der Waals surface area contributed by atoms with Gasteiger partial charge in [-0.3, -0.25) is 0 Å². The van der Waals surface area contributed by atoms with Gasteiger partial charge in [0, 0.05) is 44.7 Å². The van der Waals surface area contributed by atoms with Gasteiger partial charge in [0.05, 0.1) is 0 Å². The third-order valence-electron chi connectivity index (χ3n) is 13.8. The van der Waals surface area contributed by atoms with E-state index in [-0.39, 0.29) is 44.3 Å². The summed E-state index contributed by atoms with van der Waals surface area (Å²) in [5, 5.41) is 37.5. The fourth-order valence-corrected chi connectivity index (χ4v) is 10.9. The molecule has 0 saturated carbocycles. The van der Waals surface area contributed by atoms with Gasteiger partial charge >= 0.3 is 8.56 Å². The lowest BCUT2D eigenvalue weighted by atomic mass is 9.79. The second-order valence-corrected chi connectivity index (χ2v) is 27.9. The molecule has 0 saturated heterocycles.